The van der Waals surface area contributed by atoms with Crippen LogP contribution in [0.4, 0.5) is 5.69 Å². The van der Waals surface area contributed by atoms with Gasteiger partial charge in [0.15, 0.2) is 0 Å². The number of rotatable bonds is 5. The van der Waals surface area contributed by atoms with Crippen molar-refractivity contribution in [2.75, 3.05) is 25.9 Å². The standard InChI is InChI=1S/C12H16N4OS/c1-14-5-3-7-16-12(17)11-9(13)10-8(18-11)4-2-6-15-10/h2,4,6,14H,3,5,7,13H2,1H3,(H,16,17). The fraction of sp³-hybridized carbons (Fsp3) is 0.333. The number of hydrogen-bond donors (Lipinski definition) is 3. The zero-order valence-electron chi connectivity index (χ0n) is 10.2. The number of hydrogen-bond acceptors (Lipinski definition) is 5. The van der Waals surface area contributed by atoms with Crippen molar-refractivity contribution >= 4 is 33.1 Å². The van der Waals surface area contributed by atoms with Gasteiger partial charge in [-0.2, -0.15) is 0 Å². The van der Waals surface area contributed by atoms with E-state index in [9.17, 15) is 4.79 Å². The molecule has 4 N–H and O–H groups in total. The van der Waals surface area contributed by atoms with Gasteiger partial charge in [-0.05, 0) is 32.1 Å². The molecule has 2 rings (SSSR count). The van der Waals surface area contributed by atoms with Gasteiger partial charge in [0, 0.05) is 12.7 Å². The Labute approximate surface area is 109 Å². The topological polar surface area (TPSA) is 80.0 Å². The average molecular weight is 264 g/mol. The van der Waals surface area contributed by atoms with E-state index in [-0.39, 0.29) is 5.91 Å². The van der Waals surface area contributed by atoms with Crippen LogP contribution in [0.3, 0.4) is 0 Å². The first kappa shape index (κ1) is 12.8. The predicted octanol–water partition coefficient (Wildman–Crippen LogP) is 1.22. The molecule has 2 aromatic heterocycles. The van der Waals surface area contributed by atoms with Gasteiger partial charge in [-0.25, -0.2) is 0 Å². The SMILES string of the molecule is CNCCCNC(=O)c1sc2cccnc2c1N. The molecular formula is C12H16N4OS. The van der Waals surface area contributed by atoms with E-state index in [0.29, 0.717) is 22.6 Å². The van der Waals surface area contributed by atoms with E-state index in [1.807, 2.05) is 19.2 Å². The Morgan fingerprint density at radius 3 is 3.06 bits per heavy atom. The summed E-state index contributed by atoms with van der Waals surface area (Å²) in [6.45, 7) is 1.52. The molecule has 0 fully saturated rings. The molecule has 18 heavy (non-hydrogen) atoms. The summed E-state index contributed by atoms with van der Waals surface area (Å²) < 4.78 is 0.940. The molecule has 2 aromatic rings. The molecule has 0 aliphatic carbocycles. The number of aromatic nitrogens is 1. The highest BCUT2D eigenvalue weighted by molar-refractivity contribution is 7.21. The van der Waals surface area contributed by atoms with E-state index in [4.69, 9.17) is 5.73 Å². The third-order valence-corrected chi connectivity index (χ3v) is 3.74. The summed E-state index contributed by atoms with van der Waals surface area (Å²) in [5, 5.41) is 5.89. The minimum Gasteiger partial charge on any atom is -0.396 e. The fourth-order valence-electron chi connectivity index (χ4n) is 1.66. The molecule has 0 aliphatic rings. The lowest BCUT2D eigenvalue weighted by Crippen LogP contribution is -2.26. The van der Waals surface area contributed by atoms with Crippen LogP contribution in [-0.2, 0) is 0 Å². The van der Waals surface area contributed by atoms with E-state index in [1.165, 1.54) is 11.3 Å². The van der Waals surface area contributed by atoms with Crippen molar-refractivity contribution in [3.05, 3.63) is 23.2 Å². The molecule has 6 heteroatoms. The van der Waals surface area contributed by atoms with E-state index < -0.39 is 0 Å². The Balaban J connectivity index is 2.10. The lowest BCUT2D eigenvalue weighted by molar-refractivity contribution is 0.0958. The van der Waals surface area contributed by atoms with Gasteiger partial charge in [-0.1, -0.05) is 0 Å². The minimum atomic E-state index is -0.119. The van der Waals surface area contributed by atoms with Crippen LogP contribution in [-0.4, -0.2) is 31.0 Å². The van der Waals surface area contributed by atoms with Crippen molar-refractivity contribution in [3.63, 3.8) is 0 Å². The molecule has 0 radical (unpaired) electrons. The Kier molecular flexibility index (Phi) is 4.11. The Bertz CT molecular complexity index is 552. The first-order valence-corrected chi connectivity index (χ1v) is 6.61. The molecule has 96 valence electrons. The lowest BCUT2D eigenvalue weighted by atomic mass is 10.3. The molecule has 2 heterocycles. The van der Waals surface area contributed by atoms with Gasteiger partial charge in [0.1, 0.15) is 10.4 Å². The second kappa shape index (κ2) is 5.79. The van der Waals surface area contributed by atoms with Crippen LogP contribution < -0.4 is 16.4 Å². The maximum atomic E-state index is 12.0. The third kappa shape index (κ3) is 2.60. The monoisotopic (exact) mass is 264 g/mol. The van der Waals surface area contributed by atoms with Gasteiger partial charge in [-0.15, -0.1) is 11.3 Å². The maximum absolute atomic E-state index is 12.0. The molecule has 0 saturated heterocycles. The van der Waals surface area contributed by atoms with Crippen LogP contribution >= 0.6 is 11.3 Å². The summed E-state index contributed by atoms with van der Waals surface area (Å²) in [7, 11) is 1.89. The molecule has 0 spiro atoms. The quantitative estimate of drug-likeness (QED) is 0.709. The summed E-state index contributed by atoms with van der Waals surface area (Å²) in [5.41, 5.74) is 7.13. The fourth-order valence-corrected chi connectivity index (χ4v) is 2.66. The zero-order chi connectivity index (χ0) is 13.0. The number of pyridine rings is 1. The smallest absolute Gasteiger partial charge is 0.263 e. The molecule has 5 nitrogen and oxygen atoms in total. The maximum Gasteiger partial charge on any atom is 0.263 e. The summed E-state index contributed by atoms with van der Waals surface area (Å²) in [5.74, 6) is -0.119. The molecule has 0 saturated carbocycles. The number of carbonyl (C=O) groups excluding carboxylic acids is 1. The van der Waals surface area contributed by atoms with Crippen molar-refractivity contribution < 1.29 is 4.79 Å². The number of amides is 1. The largest absolute Gasteiger partial charge is 0.396 e. The van der Waals surface area contributed by atoms with Crippen LogP contribution in [0.2, 0.25) is 0 Å². The summed E-state index contributed by atoms with van der Waals surface area (Å²) in [4.78, 5) is 16.7. The molecule has 0 aromatic carbocycles. The Morgan fingerprint density at radius 2 is 2.33 bits per heavy atom. The number of nitrogens with one attached hydrogen (secondary N) is 2. The highest BCUT2D eigenvalue weighted by Crippen LogP contribution is 2.31. The van der Waals surface area contributed by atoms with Gasteiger partial charge in [0.2, 0.25) is 0 Å². The van der Waals surface area contributed by atoms with E-state index in [2.05, 4.69) is 15.6 Å². The minimum absolute atomic E-state index is 0.119. The zero-order valence-corrected chi connectivity index (χ0v) is 11.0. The van der Waals surface area contributed by atoms with E-state index in [1.54, 1.807) is 6.20 Å². The molecule has 0 unspecified atom stereocenters. The number of nitrogens with zero attached hydrogens (tertiary/aromatic N) is 1. The van der Waals surface area contributed by atoms with Crippen molar-refractivity contribution in [2.45, 2.75) is 6.42 Å². The van der Waals surface area contributed by atoms with Crippen molar-refractivity contribution in [3.8, 4) is 0 Å². The summed E-state index contributed by atoms with van der Waals surface area (Å²) in [6, 6.07) is 3.76. The summed E-state index contributed by atoms with van der Waals surface area (Å²) >= 11 is 1.38. The lowest BCUT2D eigenvalue weighted by Gasteiger charge is -2.03. The molecule has 0 atom stereocenters. The van der Waals surface area contributed by atoms with Crippen LogP contribution in [0.25, 0.3) is 10.2 Å². The van der Waals surface area contributed by atoms with Gasteiger partial charge in [0.25, 0.3) is 5.91 Å². The van der Waals surface area contributed by atoms with Gasteiger partial charge >= 0.3 is 0 Å². The molecular weight excluding hydrogens is 248 g/mol. The van der Waals surface area contributed by atoms with Crippen molar-refractivity contribution in [1.82, 2.24) is 15.6 Å². The number of nitrogen functional groups attached to an aromatic ring is 1. The number of carbonyl (C=O) groups is 1. The van der Waals surface area contributed by atoms with Crippen LogP contribution in [0, 0.1) is 0 Å². The van der Waals surface area contributed by atoms with Crippen molar-refractivity contribution in [2.24, 2.45) is 0 Å². The second-order valence-corrected chi connectivity index (χ2v) is 4.96. The molecule has 1 amide bonds. The van der Waals surface area contributed by atoms with Crippen LogP contribution in [0.1, 0.15) is 16.1 Å². The van der Waals surface area contributed by atoms with Crippen LogP contribution in [0.5, 0.6) is 0 Å². The highest BCUT2D eigenvalue weighted by Gasteiger charge is 2.16. The van der Waals surface area contributed by atoms with Gasteiger partial charge in [-0.3, -0.25) is 9.78 Å². The predicted molar refractivity (Wildman–Crippen MR) is 74.9 cm³/mol. The first-order valence-electron chi connectivity index (χ1n) is 5.80. The summed E-state index contributed by atoms with van der Waals surface area (Å²) in [6.07, 6.45) is 2.57. The number of fused-ring (bicyclic) bond motifs is 1. The van der Waals surface area contributed by atoms with Gasteiger partial charge in [0.05, 0.1) is 10.4 Å². The van der Waals surface area contributed by atoms with Crippen LogP contribution in [0.15, 0.2) is 18.3 Å². The second-order valence-electron chi connectivity index (χ2n) is 3.91. The van der Waals surface area contributed by atoms with E-state index >= 15 is 0 Å². The number of nitrogens with two attached hydrogens (primary N) is 1. The number of anilines is 1. The van der Waals surface area contributed by atoms with E-state index in [0.717, 1.165) is 17.7 Å². The Morgan fingerprint density at radius 1 is 1.50 bits per heavy atom. The van der Waals surface area contributed by atoms with Gasteiger partial charge < -0.3 is 16.4 Å². The third-order valence-electron chi connectivity index (χ3n) is 2.58. The molecule has 0 bridgehead atoms. The Hall–Kier alpha value is -1.66. The first-order chi connectivity index (χ1) is 8.74. The molecule has 0 aliphatic heterocycles. The highest BCUT2D eigenvalue weighted by atomic mass is 32.1. The number of thiophene rings is 1. The average Bonchev–Trinajstić information content (AvgIpc) is 2.73. The van der Waals surface area contributed by atoms with Crippen molar-refractivity contribution in [1.29, 1.82) is 0 Å². The normalized spacial score (nSPS) is 10.7.